The first kappa shape index (κ1) is 31.3. The molecule has 0 amide bonds. The third kappa shape index (κ3) is 3.56. The van der Waals surface area contributed by atoms with Crippen molar-refractivity contribution < 1.29 is 0 Å². The first-order valence-electron chi connectivity index (χ1n) is 20.3. The zero-order chi connectivity index (χ0) is 37.7. The van der Waals surface area contributed by atoms with E-state index in [1.54, 1.807) is 0 Å². The van der Waals surface area contributed by atoms with Crippen molar-refractivity contribution in [1.82, 2.24) is 0 Å². The van der Waals surface area contributed by atoms with Crippen molar-refractivity contribution >= 4 is 77.4 Å². The fourth-order valence-electron chi connectivity index (χ4n) is 11.8. The zero-order valence-corrected chi connectivity index (χ0v) is 33.2. The molecule has 9 aromatic carbocycles. The standard InChI is InChI=1S/C55H33NSSi/c1-7-21-43-35(15-1)36-16-2-8-22-44(36)55(43)45-23-9-10-24-47(45)56(48-33-50-42(32-46(48)55)37-17-3-11-25-49(37)57-50)34-29-30-41-40-20-6-14-28-53(40)58(54(41)31-34)51-26-12-4-18-38(51)39-19-5-13-27-52(39)58/h1-33H. The molecule has 1 aliphatic carbocycles. The number of para-hydroxylation sites is 1. The zero-order valence-electron chi connectivity index (χ0n) is 31.4. The molecule has 3 heteroatoms. The Balaban J connectivity index is 1.11. The normalized spacial score (nSPS) is 15.1. The maximum Gasteiger partial charge on any atom is 0.182 e. The molecule has 0 saturated heterocycles. The van der Waals surface area contributed by atoms with E-state index in [1.807, 2.05) is 11.3 Å². The Labute approximate surface area is 341 Å². The number of rotatable bonds is 1. The van der Waals surface area contributed by atoms with Gasteiger partial charge in [0.15, 0.2) is 8.07 Å². The third-order valence-corrected chi connectivity index (χ3v) is 20.0. The van der Waals surface area contributed by atoms with E-state index in [2.05, 4.69) is 205 Å². The number of hydrogen-bond acceptors (Lipinski definition) is 2. The number of fused-ring (bicyclic) bond motifs is 22. The maximum absolute atomic E-state index is 2.65. The van der Waals surface area contributed by atoms with Crippen LogP contribution in [-0.2, 0) is 5.41 Å². The second-order valence-corrected chi connectivity index (χ2v) is 21.0. The van der Waals surface area contributed by atoms with Crippen molar-refractivity contribution in [3.63, 3.8) is 0 Å². The number of benzene rings is 9. The molecule has 0 radical (unpaired) electrons. The minimum absolute atomic E-state index is 0.487. The van der Waals surface area contributed by atoms with E-state index in [4.69, 9.17) is 0 Å². The Kier molecular flexibility index (Phi) is 5.93. The van der Waals surface area contributed by atoms with Crippen LogP contribution in [-0.4, -0.2) is 8.07 Å². The first-order valence-corrected chi connectivity index (χ1v) is 23.1. The lowest BCUT2D eigenvalue weighted by atomic mass is 9.64. The van der Waals surface area contributed by atoms with E-state index >= 15 is 0 Å². The van der Waals surface area contributed by atoms with Gasteiger partial charge in [0.05, 0.1) is 16.8 Å². The average molecular weight is 768 g/mol. The highest BCUT2D eigenvalue weighted by Gasteiger charge is 2.55. The van der Waals surface area contributed by atoms with Gasteiger partial charge in [-0.25, -0.2) is 0 Å². The smallest absolute Gasteiger partial charge is 0.182 e. The van der Waals surface area contributed by atoms with Crippen LogP contribution >= 0.6 is 11.3 Å². The highest BCUT2D eigenvalue weighted by atomic mass is 32.1. The van der Waals surface area contributed by atoms with Gasteiger partial charge in [-0.3, -0.25) is 0 Å². The topological polar surface area (TPSA) is 3.24 Å². The highest BCUT2D eigenvalue weighted by molar-refractivity contribution is 7.26. The van der Waals surface area contributed by atoms with Gasteiger partial charge in [0, 0.05) is 25.9 Å². The Morgan fingerprint density at radius 1 is 0.345 bits per heavy atom. The summed E-state index contributed by atoms with van der Waals surface area (Å²) in [6.45, 7) is 0. The number of nitrogens with zero attached hydrogens (tertiary/aromatic N) is 1. The van der Waals surface area contributed by atoms with Crippen LogP contribution in [0.15, 0.2) is 200 Å². The molecule has 0 atom stereocenters. The summed E-state index contributed by atoms with van der Waals surface area (Å²) in [4.78, 5) is 2.61. The quantitative estimate of drug-likeness (QED) is 0.150. The molecule has 1 nitrogen and oxygen atoms in total. The SMILES string of the molecule is c1ccc2c(c1)-c1ccccc1C21c2ccccc2N(c2ccc3c(c2)[Si]2(c4ccccc4-c4ccccc42)c2ccccc2-3)c2cc3sc4ccccc4c3cc21. The van der Waals surface area contributed by atoms with Crippen molar-refractivity contribution in [3.05, 3.63) is 222 Å². The Morgan fingerprint density at radius 2 is 0.862 bits per heavy atom. The number of thiophene rings is 1. The molecule has 0 fully saturated rings. The molecule has 10 aromatic rings. The third-order valence-electron chi connectivity index (χ3n) is 13.9. The summed E-state index contributed by atoms with van der Waals surface area (Å²) in [5.74, 6) is 0. The van der Waals surface area contributed by atoms with E-state index in [0.29, 0.717) is 0 Å². The maximum atomic E-state index is 2.61. The molecule has 4 aliphatic rings. The van der Waals surface area contributed by atoms with E-state index in [0.717, 1.165) is 0 Å². The molecule has 14 rings (SSSR count). The van der Waals surface area contributed by atoms with Crippen LogP contribution in [0.1, 0.15) is 22.3 Å². The van der Waals surface area contributed by atoms with Gasteiger partial charge in [0.1, 0.15) is 0 Å². The number of hydrogen-bond donors (Lipinski definition) is 0. The Hall–Kier alpha value is -6.78. The predicted molar refractivity (Wildman–Crippen MR) is 246 cm³/mol. The lowest BCUT2D eigenvalue weighted by molar-refractivity contribution is 0.754. The van der Waals surface area contributed by atoms with Crippen LogP contribution in [0.2, 0.25) is 0 Å². The molecule has 268 valence electrons. The van der Waals surface area contributed by atoms with Crippen LogP contribution in [0.4, 0.5) is 17.1 Å². The molecule has 4 heterocycles. The van der Waals surface area contributed by atoms with E-state index in [1.165, 1.54) is 114 Å². The molecule has 0 bridgehead atoms. The second-order valence-electron chi connectivity index (χ2n) is 16.3. The van der Waals surface area contributed by atoms with Crippen LogP contribution in [0.25, 0.3) is 53.6 Å². The van der Waals surface area contributed by atoms with Crippen LogP contribution in [0.3, 0.4) is 0 Å². The summed E-state index contributed by atoms with van der Waals surface area (Å²) >= 11 is 1.91. The molecule has 1 aromatic heterocycles. The van der Waals surface area contributed by atoms with Crippen LogP contribution in [0, 0.1) is 0 Å². The van der Waals surface area contributed by atoms with Gasteiger partial charge in [-0.2, -0.15) is 0 Å². The molecule has 2 spiro atoms. The molecular weight excluding hydrogens is 735 g/mol. The summed E-state index contributed by atoms with van der Waals surface area (Å²) in [6, 6.07) is 76.8. The van der Waals surface area contributed by atoms with Gasteiger partial charge in [-0.1, -0.05) is 164 Å². The van der Waals surface area contributed by atoms with Crippen molar-refractivity contribution in [3.8, 4) is 33.4 Å². The fourth-order valence-corrected chi connectivity index (χ4v) is 18.6. The Morgan fingerprint density at radius 3 is 1.52 bits per heavy atom. The lowest BCUT2D eigenvalue weighted by Crippen LogP contribution is -2.70. The van der Waals surface area contributed by atoms with E-state index in [-0.39, 0.29) is 0 Å². The highest BCUT2D eigenvalue weighted by Crippen LogP contribution is 2.64. The van der Waals surface area contributed by atoms with Gasteiger partial charge in [0.25, 0.3) is 0 Å². The Bertz CT molecular complexity index is 3340. The van der Waals surface area contributed by atoms with Crippen molar-refractivity contribution in [2.24, 2.45) is 0 Å². The molecule has 0 N–H and O–H groups in total. The second kappa shape index (κ2) is 11.0. The fraction of sp³-hybridized carbons (Fsp3) is 0.0182. The molecule has 3 aliphatic heterocycles. The van der Waals surface area contributed by atoms with Gasteiger partial charge in [-0.15, -0.1) is 11.3 Å². The molecule has 0 unspecified atom stereocenters. The van der Waals surface area contributed by atoms with Crippen molar-refractivity contribution in [2.45, 2.75) is 5.41 Å². The average Bonchev–Trinajstić information content (AvgIpc) is 3.99. The lowest BCUT2D eigenvalue weighted by Gasteiger charge is -2.45. The van der Waals surface area contributed by atoms with Crippen LogP contribution in [0.5, 0.6) is 0 Å². The minimum atomic E-state index is -2.65. The van der Waals surface area contributed by atoms with Gasteiger partial charge < -0.3 is 4.90 Å². The summed E-state index contributed by atoms with van der Waals surface area (Å²) in [5, 5.41) is 8.65. The van der Waals surface area contributed by atoms with Gasteiger partial charge in [-0.05, 0) is 113 Å². The molecular formula is C55H33NSSi. The largest absolute Gasteiger partial charge is 0.310 e. The van der Waals surface area contributed by atoms with E-state index < -0.39 is 13.5 Å². The monoisotopic (exact) mass is 767 g/mol. The van der Waals surface area contributed by atoms with Gasteiger partial charge in [0.2, 0.25) is 0 Å². The van der Waals surface area contributed by atoms with Crippen LogP contribution < -0.4 is 25.6 Å². The summed E-state index contributed by atoms with van der Waals surface area (Å²) in [6.07, 6.45) is 0. The molecule has 0 saturated carbocycles. The van der Waals surface area contributed by atoms with Crippen molar-refractivity contribution in [2.75, 3.05) is 4.90 Å². The summed E-state index contributed by atoms with van der Waals surface area (Å²) in [7, 11) is -2.65. The van der Waals surface area contributed by atoms with Gasteiger partial charge >= 0.3 is 0 Å². The van der Waals surface area contributed by atoms with E-state index in [9.17, 15) is 0 Å². The summed E-state index contributed by atoms with van der Waals surface area (Å²) in [5.41, 5.74) is 16.8. The predicted octanol–water partition coefficient (Wildman–Crippen LogP) is 11.5. The number of anilines is 3. The molecule has 58 heavy (non-hydrogen) atoms. The first-order chi connectivity index (χ1) is 28.8. The minimum Gasteiger partial charge on any atom is -0.310 e. The van der Waals surface area contributed by atoms with Crippen molar-refractivity contribution in [1.29, 1.82) is 0 Å². The summed E-state index contributed by atoms with van der Waals surface area (Å²) < 4.78 is 2.64.